The van der Waals surface area contributed by atoms with E-state index in [1.54, 1.807) is 0 Å². The molecule has 0 aromatic carbocycles. The maximum absolute atomic E-state index is 5.62. The summed E-state index contributed by atoms with van der Waals surface area (Å²) in [5.74, 6) is 1.01. The zero-order valence-corrected chi connectivity index (χ0v) is 7.65. The van der Waals surface area contributed by atoms with Crippen LogP contribution >= 0.6 is 11.8 Å². The third kappa shape index (κ3) is 1.55. The molecule has 0 saturated carbocycles. The molecule has 64 valence electrons. The minimum absolute atomic E-state index is 0.176. The van der Waals surface area contributed by atoms with Crippen LogP contribution in [0.1, 0.15) is 19.8 Å². The van der Waals surface area contributed by atoms with Gasteiger partial charge in [0.2, 0.25) is 0 Å². The molecule has 0 amide bonds. The molecular weight excluding hydrogens is 160 g/mol. The van der Waals surface area contributed by atoms with Crippen LogP contribution in [0.3, 0.4) is 0 Å². The van der Waals surface area contributed by atoms with Gasteiger partial charge in [-0.1, -0.05) is 6.92 Å². The van der Waals surface area contributed by atoms with Gasteiger partial charge in [-0.05, 0) is 5.75 Å². The van der Waals surface area contributed by atoms with Crippen molar-refractivity contribution >= 4 is 11.8 Å². The van der Waals surface area contributed by atoms with E-state index in [0.29, 0.717) is 5.25 Å². The fraction of sp³-hybridized carbons (Fsp3) is 1.00. The van der Waals surface area contributed by atoms with Crippen LogP contribution in [0.4, 0.5) is 0 Å². The van der Waals surface area contributed by atoms with Gasteiger partial charge in [-0.3, -0.25) is 0 Å². The van der Waals surface area contributed by atoms with E-state index in [9.17, 15) is 0 Å². The SMILES string of the molecule is CC1CC2(CCS1)OCCO2. The molecule has 1 atom stereocenters. The first kappa shape index (κ1) is 7.90. The molecule has 2 fully saturated rings. The van der Waals surface area contributed by atoms with Crippen molar-refractivity contribution in [1.29, 1.82) is 0 Å². The lowest BCUT2D eigenvalue weighted by atomic mass is 10.1. The first-order chi connectivity index (χ1) is 5.31. The molecular formula is C8H14O2S. The minimum Gasteiger partial charge on any atom is -0.347 e. The summed E-state index contributed by atoms with van der Waals surface area (Å²) in [7, 11) is 0. The van der Waals surface area contributed by atoms with Crippen molar-refractivity contribution in [2.45, 2.75) is 30.8 Å². The average molecular weight is 174 g/mol. The highest BCUT2D eigenvalue weighted by molar-refractivity contribution is 7.99. The molecule has 11 heavy (non-hydrogen) atoms. The highest BCUT2D eigenvalue weighted by atomic mass is 32.2. The van der Waals surface area contributed by atoms with Gasteiger partial charge in [-0.2, -0.15) is 11.8 Å². The van der Waals surface area contributed by atoms with Gasteiger partial charge in [0.1, 0.15) is 0 Å². The number of ether oxygens (including phenoxy) is 2. The van der Waals surface area contributed by atoms with E-state index in [-0.39, 0.29) is 5.79 Å². The molecule has 2 aliphatic heterocycles. The molecule has 0 radical (unpaired) electrons. The molecule has 1 unspecified atom stereocenters. The van der Waals surface area contributed by atoms with Crippen molar-refractivity contribution in [2.75, 3.05) is 19.0 Å². The molecule has 2 saturated heterocycles. The quantitative estimate of drug-likeness (QED) is 0.556. The van der Waals surface area contributed by atoms with Crippen LogP contribution in [-0.2, 0) is 9.47 Å². The standard InChI is InChI=1S/C8H14O2S/c1-7-6-8(2-5-11-7)9-3-4-10-8/h7H,2-6H2,1H3. The van der Waals surface area contributed by atoms with E-state index in [1.165, 1.54) is 5.75 Å². The topological polar surface area (TPSA) is 18.5 Å². The highest BCUT2D eigenvalue weighted by Crippen LogP contribution is 2.38. The molecule has 2 nitrogen and oxygen atoms in total. The Labute approximate surface area is 71.6 Å². The Kier molecular flexibility index (Phi) is 2.12. The Hall–Kier alpha value is 0.270. The van der Waals surface area contributed by atoms with Crippen LogP contribution in [0, 0.1) is 0 Å². The largest absolute Gasteiger partial charge is 0.347 e. The summed E-state index contributed by atoms with van der Waals surface area (Å²) in [6.45, 7) is 3.82. The Morgan fingerprint density at radius 2 is 2.09 bits per heavy atom. The maximum Gasteiger partial charge on any atom is 0.170 e. The fourth-order valence-electron chi connectivity index (χ4n) is 1.77. The molecule has 2 aliphatic rings. The lowest BCUT2D eigenvalue weighted by Crippen LogP contribution is -2.37. The smallest absolute Gasteiger partial charge is 0.170 e. The fourth-order valence-corrected chi connectivity index (χ4v) is 2.98. The van der Waals surface area contributed by atoms with Crippen molar-refractivity contribution in [3.8, 4) is 0 Å². The minimum atomic E-state index is -0.176. The van der Waals surface area contributed by atoms with Crippen molar-refractivity contribution in [3.05, 3.63) is 0 Å². The summed E-state index contributed by atoms with van der Waals surface area (Å²) in [6.07, 6.45) is 2.14. The second-order valence-corrected chi connectivity index (χ2v) is 4.79. The second-order valence-electron chi connectivity index (χ2n) is 3.24. The normalized spacial score (nSPS) is 36.3. The van der Waals surface area contributed by atoms with E-state index >= 15 is 0 Å². The molecule has 2 heterocycles. The van der Waals surface area contributed by atoms with Gasteiger partial charge in [0.15, 0.2) is 5.79 Å². The Morgan fingerprint density at radius 3 is 2.73 bits per heavy atom. The van der Waals surface area contributed by atoms with E-state index < -0.39 is 0 Å². The summed E-state index contributed by atoms with van der Waals surface area (Å²) in [6, 6.07) is 0. The zero-order chi connectivity index (χ0) is 7.73. The van der Waals surface area contributed by atoms with Gasteiger partial charge >= 0.3 is 0 Å². The van der Waals surface area contributed by atoms with E-state index in [2.05, 4.69) is 6.92 Å². The molecule has 0 aliphatic carbocycles. The van der Waals surface area contributed by atoms with Gasteiger partial charge in [0.05, 0.1) is 13.2 Å². The lowest BCUT2D eigenvalue weighted by molar-refractivity contribution is -0.164. The molecule has 3 heteroatoms. The molecule has 1 spiro atoms. The van der Waals surface area contributed by atoms with Gasteiger partial charge in [-0.15, -0.1) is 0 Å². The highest BCUT2D eigenvalue weighted by Gasteiger charge is 2.40. The number of thioether (sulfide) groups is 1. The van der Waals surface area contributed by atoms with Gasteiger partial charge in [-0.25, -0.2) is 0 Å². The number of rotatable bonds is 0. The molecule has 0 N–H and O–H groups in total. The van der Waals surface area contributed by atoms with Crippen LogP contribution in [0.25, 0.3) is 0 Å². The van der Waals surface area contributed by atoms with Crippen molar-refractivity contribution in [2.24, 2.45) is 0 Å². The van der Waals surface area contributed by atoms with E-state index in [4.69, 9.17) is 9.47 Å². The van der Waals surface area contributed by atoms with E-state index in [1.807, 2.05) is 11.8 Å². The molecule has 0 aromatic heterocycles. The predicted molar refractivity (Wildman–Crippen MR) is 45.8 cm³/mol. The summed E-state index contributed by atoms with van der Waals surface area (Å²) < 4.78 is 11.2. The number of hydrogen-bond donors (Lipinski definition) is 0. The lowest BCUT2D eigenvalue weighted by Gasteiger charge is -2.34. The number of hydrogen-bond acceptors (Lipinski definition) is 3. The molecule has 0 aromatic rings. The van der Waals surface area contributed by atoms with Crippen LogP contribution < -0.4 is 0 Å². The Bertz CT molecular complexity index is 143. The van der Waals surface area contributed by atoms with Crippen LogP contribution in [-0.4, -0.2) is 30.0 Å². The van der Waals surface area contributed by atoms with Crippen LogP contribution in [0.15, 0.2) is 0 Å². The Morgan fingerprint density at radius 1 is 1.36 bits per heavy atom. The molecule has 2 rings (SSSR count). The van der Waals surface area contributed by atoms with Crippen LogP contribution in [0.5, 0.6) is 0 Å². The predicted octanol–water partition coefficient (Wildman–Crippen LogP) is 1.65. The van der Waals surface area contributed by atoms with Crippen molar-refractivity contribution in [1.82, 2.24) is 0 Å². The second kappa shape index (κ2) is 2.96. The maximum atomic E-state index is 5.62. The first-order valence-electron chi connectivity index (χ1n) is 4.20. The third-order valence-electron chi connectivity index (χ3n) is 2.30. The van der Waals surface area contributed by atoms with Crippen LogP contribution in [0.2, 0.25) is 0 Å². The summed E-state index contributed by atoms with van der Waals surface area (Å²) in [4.78, 5) is 0. The zero-order valence-electron chi connectivity index (χ0n) is 6.84. The van der Waals surface area contributed by atoms with E-state index in [0.717, 1.165) is 26.1 Å². The van der Waals surface area contributed by atoms with Gasteiger partial charge in [0, 0.05) is 18.1 Å². The van der Waals surface area contributed by atoms with Gasteiger partial charge in [0.25, 0.3) is 0 Å². The van der Waals surface area contributed by atoms with Gasteiger partial charge < -0.3 is 9.47 Å². The summed E-state index contributed by atoms with van der Waals surface area (Å²) in [5, 5.41) is 0.696. The summed E-state index contributed by atoms with van der Waals surface area (Å²) >= 11 is 2.02. The third-order valence-corrected chi connectivity index (χ3v) is 3.47. The Balaban J connectivity index is 2.00. The monoisotopic (exact) mass is 174 g/mol. The van der Waals surface area contributed by atoms with Crippen molar-refractivity contribution in [3.63, 3.8) is 0 Å². The average Bonchev–Trinajstić information content (AvgIpc) is 2.37. The summed E-state index contributed by atoms with van der Waals surface area (Å²) in [5.41, 5.74) is 0. The van der Waals surface area contributed by atoms with Crippen molar-refractivity contribution < 1.29 is 9.47 Å². The first-order valence-corrected chi connectivity index (χ1v) is 5.25. The molecule has 0 bridgehead atoms.